The van der Waals surface area contributed by atoms with Crippen LogP contribution < -0.4 is 41.4 Å². The number of nitrogens with zero attached hydrogens (tertiary/aromatic N) is 10. The number of rotatable bonds is 4. The lowest BCUT2D eigenvalue weighted by molar-refractivity contribution is 0.0593. The summed E-state index contributed by atoms with van der Waals surface area (Å²) in [6.07, 6.45) is 4.36. The van der Waals surface area contributed by atoms with Crippen molar-refractivity contribution in [1.82, 2.24) is 29.5 Å². The van der Waals surface area contributed by atoms with E-state index in [2.05, 4.69) is 40.6 Å². The number of fused-ring (bicyclic) bond motifs is 8. The zero-order valence-corrected chi connectivity index (χ0v) is 28.8. The van der Waals surface area contributed by atoms with Crippen LogP contribution in [-0.4, -0.2) is 104 Å². The third-order valence-corrected chi connectivity index (χ3v) is 9.45. The highest BCUT2D eigenvalue weighted by atomic mass is 16.5. The highest BCUT2D eigenvalue weighted by Gasteiger charge is 2.42. The van der Waals surface area contributed by atoms with Gasteiger partial charge in [0.2, 0.25) is 0 Å². The van der Waals surface area contributed by atoms with Gasteiger partial charge < -0.3 is 30.3 Å². The van der Waals surface area contributed by atoms with Crippen molar-refractivity contribution in [3.05, 3.63) is 80.9 Å². The van der Waals surface area contributed by atoms with Crippen molar-refractivity contribution >= 4 is 58.4 Å². The van der Waals surface area contributed by atoms with Gasteiger partial charge in [0, 0.05) is 52.7 Å². The lowest BCUT2D eigenvalue weighted by Crippen LogP contribution is -2.49. The van der Waals surface area contributed by atoms with Gasteiger partial charge in [-0.25, -0.2) is 38.5 Å². The predicted octanol–water partition coefficient (Wildman–Crippen LogP) is 1.10. The maximum Gasteiger partial charge on any atom is 0.356 e. The molecular formula is C33H34N12O8. The molecule has 4 amide bonds. The van der Waals surface area contributed by atoms with E-state index in [0.717, 1.165) is 41.0 Å². The van der Waals surface area contributed by atoms with Gasteiger partial charge in [-0.1, -0.05) is 0 Å². The summed E-state index contributed by atoms with van der Waals surface area (Å²) in [6, 6.07) is 8.09. The van der Waals surface area contributed by atoms with Crippen LogP contribution in [0.5, 0.6) is 0 Å². The van der Waals surface area contributed by atoms with E-state index in [0.29, 0.717) is 30.4 Å². The van der Waals surface area contributed by atoms with Crippen molar-refractivity contribution in [3.8, 4) is 0 Å². The van der Waals surface area contributed by atoms with Crippen molar-refractivity contribution in [2.24, 2.45) is 14.1 Å². The van der Waals surface area contributed by atoms with Gasteiger partial charge in [0.05, 0.1) is 30.6 Å². The molecule has 4 aliphatic heterocycles. The van der Waals surface area contributed by atoms with E-state index >= 15 is 0 Å². The zero-order chi connectivity index (χ0) is 37.6. The molecule has 274 valence electrons. The molecule has 20 nitrogen and oxygen atoms in total. The van der Waals surface area contributed by atoms with Crippen LogP contribution in [0.4, 0.5) is 44.0 Å². The van der Waals surface area contributed by atoms with Crippen molar-refractivity contribution in [3.63, 3.8) is 0 Å². The van der Waals surface area contributed by atoms with Crippen molar-refractivity contribution < 1.29 is 29.0 Å². The number of carbonyl (C=O) groups excluding carboxylic acids is 3. The molecule has 8 rings (SSSR count). The Morgan fingerprint density at radius 1 is 0.717 bits per heavy atom. The third kappa shape index (κ3) is 6.34. The number of anilines is 6. The van der Waals surface area contributed by atoms with Gasteiger partial charge in [0.15, 0.2) is 23.0 Å². The molecular weight excluding hydrogens is 692 g/mol. The number of aromatic carboxylic acids is 1. The fourth-order valence-electron chi connectivity index (χ4n) is 6.83. The van der Waals surface area contributed by atoms with Crippen molar-refractivity contribution in [2.75, 3.05) is 63.5 Å². The molecule has 20 heteroatoms. The van der Waals surface area contributed by atoms with Crippen LogP contribution in [-0.2, 0) is 18.8 Å². The van der Waals surface area contributed by atoms with Crippen molar-refractivity contribution in [2.45, 2.75) is 24.9 Å². The van der Waals surface area contributed by atoms with E-state index in [9.17, 15) is 33.9 Å². The largest absolute Gasteiger partial charge is 0.477 e. The molecule has 2 fully saturated rings. The average molecular weight is 727 g/mol. The van der Waals surface area contributed by atoms with E-state index < -0.39 is 35.1 Å². The molecule has 0 aromatic carbocycles. The summed E-state index contributed by atoms with van der Waals surface area (Å²) < 4.78 is 7.00. The Bertz CT molecular complexity index is 2280. The number of pyridine rings is 2. The Morgan fingerprint density at radius 3 is 1.62 bits per heavy atom. The number of aromatic nitrogens is 6. The molecule has 4 bridgehead atoms. The number of methoxy groups -OCH3 is 1. The second-order valence-electron chi connectivity index (χ2n) is 12.6. The van der Waals surface area contributed by atoms with Gasteiger partial charge >= 0.3 is 24.0 Å². The summed E-state index contributed by atoms with van der Waals surface area (Å²) in [5, 5.41) is 22.1. The predicted molar refractivity (Wildman–Crippen MR) is 190 cm³/mol. The monoisotopic (exact) mass is 726 g/mol. The number of amides is 4. The number of urea groups is 2. The normalized spacial score (nSPS) is 17.6. The number of nitrogens with one attached hydrogen (secondary N) is 2. The van der Waals surface area contributed by atoms with Crippen LogP contribution in [0.2, 0.25) is 0 Å². The van der Waals surface area contributed by atoms with Crippen LogP contribution in [0.25, 0.3) is 0 Å². The van der Waals surface area contributed by atoms with Gasteiger partial charge in [-0.3, -0.25) is 19.4 Å². The molecule has 4 aromatic heterocycles. The molecule has 0 unspecified atom stereocenters. The Morgan fingerprint density at radius 2 is 1.17 bits per heavy atom. The molecule has 3 N–H and O–H groups in total. The van der Waals surface area contributed by atoms with Gasteiger partial charge in [-0.05, 0) is 49.2 Å². The van der Waals surface area contributed by atoms with E-state index in [1.807, 2.05) is 0 Å². The average Bonchev–Trinajstić information content (AvgIpc) is 3.77. The molecule has 4 aromatic rings. The second kappa shape index (κ2) is 13.7. The molecule has 53 heavy (non-hydrogen) atoms. The number of esters is 1. The van der Waals surface area contributed by atoms with Crippen LogP contribution in [0.15, 0.2) is 58.4 Å². The first-order valence-corrected chi connectivity index (χ1v) is 16.5. The number of aryl methyl sites for hydroxylation is 2. The van der Waals surface area contributed by atoms with Crippen LogP contribution in [0.1, 0.15) is 33.8 Å². The van der Waals surface area contributed by atoms with Crippen LogP contribution in [0, 0.1) is 0 Å². The fraction of sp³-hybridized carbons (Fsp3) is 0.333. The van der Waals surface area contributed by atoms with Crippen LogP contribution >= 0.6 is 0 Å². The maximum absolute atomic E-state index is 13.0. The molecule has 2 saturated heterocycles. The summed E-state index contributed by atoms with van der Waals surface area (Å²) in [7, 11) is 4.28. The summed E-state index contributed by atoms with van der Waals surface area (Å²) >= 11 is 0. The smallest absolute Gasteiger partial charge is 0.356 e. The molecule has 8 heterocycles. The lowest BCUT2D eigenvalue weighted by Gasteiger charge is -2.35. The third-order valence-electron chi connectivity index (χ3n) is 9.45. The first-order chi connectivity index (χ1) is 25.4. The highest BCUT2D eigenvalue weighted by molar-refractivity contribution is 6.06. The minimum atomic E-state index is -1.16. The van der Waals surface area contributed by atoms with Crippen molar-refractivity contribution in [1.29, 1.82) is 0 Å². The summed E-state index contributed by atoms with van der Waals surface area (Å²) in [5.41, 5.74) is 0.856. The van der Waals surface area contributed by atoms with Crippen LogP contribution in [0.3, 0.4) is 0 Å². The maximum atomic E-state index is 13.0. The van der Waals surface area contributed by atoms with E-state index in [1.165, 1.54) is 61.6 Å². The quantitative estimate of drug-likeness (QED) is 0.250. The number of carbonyl (C=O) groups is 4. The Kier molecular flexibility index (Phi) is 8.94. The zero-order valence-electron chi connectivity index (χ0n) is 28.8. The number of hydrogen-bond donors (Lipinski definition) is 3. The number of carboxylic acids is 1. The number of carboxylic acid groups (broad SMARTS) is 1. The van der Waals surface area contributed by atoms with Gasteiger partial charge in [-0.2, -0.15) is 10.2 Å². The molecule has 0 aliphatic carbocycles. The van der Waals surface area contributed by atoms with Gasteiger partial charge in [-0.15, -0.1) is 0 Å². The van der Waals surface area contributed by atoms with Gasteiger partial charge in [0.1, 0.15) is 11.4 Å². The Hall–Kier alpha value is -6.86. The standard InChI is InChI=1S/C17H18N6O4.C16H16N6O4/c1-21-15(24)11(5-7-18-21)20-17(26)23-10-6-8-22(9-10)13-4-3-12(16(25)27-2)19-14(13)23;1-20-14(23)10(4-6-17-20)19-16(26)22-9-5-7-21(8-9)12-3-2-11(15(24)25)18-13(12)22/h3-5,7,10H,6,8-9H2,1-2H3,(H,20,26);2-4,6,9H,5,7-8H2,1H3,(H,19,26)(H,24,25)/t10-;9-/m00/s1. The van der Waals surface area contributed by atoms with E-state index in [1.54, 1.807) is 18.2 Å². The molecule has 2 atom stereocenters. The lowest BCUT2D eigenvalue weighted by atomic mass is 10.2. The second-order valence-corrected chi connectivity index (χ2v) is 12.6. The fourth-order valence-corrected chi connectivity index (χ4v) is 6.83. The number of hydrogen-bond acceptors (Lipinski definition) is 13. The Balaban J connectivity index is 0.000000164. The Labute approximate surface area is 300 Å². The minimum absolute atomic E-state index is 0.0939. The first-order valence-electron chi connectivity index (χ1n) is 16.5. The van der Waals surface area contributed by atoms with Gasteiger partial charge in [0.25, 0.3) is 11.1 Å². The molecule has 0 saturated carbocycles. The first kappa shape index (κ1) is 34.6. The molecule has 0 radical (unpaired) electrons. The SMILES string of the molecule is COC(=O)c1ccc2c(n1)N(C(=O)Nc1ccnn(C)c1=O)[C@H]1CCN2C1.Cn1nccc(NC(=O)N2c3nc(C(=O)O)ccc3N3CC[C@H]2C3)c1=O. The van der Waals surface area contributed by atoms with E-state index in [4.69, 9.17) is 4.74 Å². The number of ether oxygens (including phenoxy) is 1. The minimum Gasteiger partial charge on any atom is -0.477 e. The topological polar surface area (TPSA) is 230 Å². The summed E-state index contributed by atoms with van der Waals surface area (Å²) in [6.45, 7) is 2.86. The molecule has 0 spiro atoms. The molecule has 4 aliphatic rings. The van der Waals surface area contributed by atoms with E-state index in [-0.39, 0.29) is 34.8 Å². The summed E-state index contributed by atoms with van der Waals surface area (Å²) in [4.78, 5) is 89.0. The summed E-state index contributed by atoms with van der Waals surface area (Å²) in [5.74, 6) is -1.06. The highest BCUT2D eigenvalue weighted by Crippen LogP contribution is 2.40.